The first-order valence-electron chi connectivity index (χ1n) is 5.60. The predicted octanol–water partition coefficient (Wildman–Crippen LogP) is 2.48. The van der Waals surface area contributed by atoms with Gasteiger partial charge in [0.15, 0.2) is 11.5 Å². The van der Waals surface area contributed by atoms with E-state index in [0.29, 0.717) is 12.3 Å². The molecular formula is C13H15N3O. The number of nitrogens with zero attached hydrogens (tertiary/aromatic N) is 3. The summed E-state index contributed by atoms with van der Waals surface area (Å²) in [5.74, 6) is 0.690. The average Bonchev–Trinajstić information content (AvgIpc) is 2.65. The zero-order valence-electron chi connectivity index (χ0n) is 10.1. The van der Waals surface area contributed by atoms with Crippen molar-refractivity contribution in [3.05, 3.63) is 29.7 Å². The molecule has 0 aliphatic carbocycles. The maximum absolute atomic E-state index is 8.53. The lowest BCUT2D eigenvalue weighted by molar-refractivity contribution is 0.335. The Morgan fingerprint density at radius 1 is 1.47 bits per heavy atom. The van der Waals surface area contributed by atoms with Gasteiger partial charge in [0.25, 0.3) is 0 Å². The van der Waals surface area contributed by atoms with Crippen LogP contribution in [0.1, 0.15) is 17.9 Å². The van der Waals surface area contributed by atoms with Crippen molar-refractivity contribution >= 4 is 11.1 Å². The van der Waals surface area contributed by atoms with Gasteiger partial charge in [0.05, 0.1) is 6.07 Å². The van der Waals surface area contributed by atoms with Crippen LogP contribution in [0.4, 0.5) is 0 Å². The van der Waals surface area contributed by atoms with Crippen molar-refractivity contribution in [2.75, 3.05) is 13.6 Å². The highest BCUT2D eigenvalue weighted by molar-refractivity contribution is 5.73. The largest absolute Gasteiger partial charge is 0.441 e. The fourth-order valence-corrected chi connectivity index (χ4v) is 1.81. The average molecular weight is 229 g/mol. The monoisotopic (exact) mass is 229 g/mol. The third-order valence-electron chi connectivity index (χ3n) is 2.62. The Morgan fingerprint density at radius 2 is 2.29 bits per heavy atom. The number of oxazole rings is 1. The summed E-state index contributed by atoms with van der Waals surface area (Å²) in [5.41, 5.74) is 2.90. The van der Waals surface area contributed by atoms with E-state index in [0.717, 1.165) is 24.2 Å². The molecular weight excluding hydrogens is 214 g/mol. The van der Waals surface area contributed by atoms with E-state index in [1.165, 1.54) is 5.56 Å². The molecule has 17 heavy (non-hydrogen) atoms. The number of aryl methyl sites for hydroxylation is 1. The molecule has 0 radical (unpaired) electrons. The van der Waals surface area contributed by atoms with Gasteiger partial charge < -0.3 is 9.32 Å². The van der Waals surface area contributed by atoms with Crippen LogP contribution in [-0.4, -0.2) is 23.5 Å². The molecule has 0 unspecified atom stereocenters. The van der Waals surface area contributed by atoms with Crippen molar-refractivity contribution in [2.24, 2.45) is 0 Å². The summed E-state index contributed by atoms with van der Waals surface area (Å²) >= 11 is 0. The topological polar surface area (TPSA) is 53.1 Å². The molecule has 0 atom stereocenters. The van der Waals surface area contributed by atoms with Gasteiger partial charge in [-0.2, -0.15) is 5.26 Å². The molecule has 1 heterocycles. The van der Waals surface area contributed by atoms with Gasteiger partial charge in [-0.3, -0.25) is 0 Å². The van der Waals surface area contributed by atoms with E-state index in [1.807, 2.05) is 32.2 Å². The van der Waals surface area contributed by atoms with E-state index in [9.17, 15) is 0 Å². The number of rotatable bonds is 4. The van der Waals surface area contributed by atoms with Gasteiger partial charge in [-0.15, -0.1) is 0 Å². The minimum Gasteiger partial charge on any atom is -0.441 e. The molecule has 0 spiro atoms. The van der Waals surface area contributed by atoms with E-state index in [1.54, 1.807) is 0 Å². The molecule has 2 rings (SSSR count). The number of fused-ring (bicyclic) bond motifs is 1. The molecule has 0 saturated carbocycles. The Kier molecular flexibility index (Phi) is 3.40. The van der Waals surface area contributed by atoms with E-state index >= 15 is 0 Å². The minimum absolute atomic E-state index is 0.556. The van der Waals surface area contributed by atoms with Crippen molar-refractivity contribution < 1.29 is 4.42 Å². The van der Waals surface area contributed by atoms with Crippen molar-refractivity contribution in [2.45, 2.75) is 19.9 Å². The van der Waals surface area contributed by atoms with Gasteiger partial charge in [-0.1, -0.05) is 6.07 Å². The zero-order chi connectivity index (χ0) is 12.3. The van der Waals surface area contributed by atoms with Crippen LogP contribution in [0.25, 0.3) is 11.1 Å². The summed E-state index contributed by atoms with van der Waals surface area (Å²) in [6.45, 7) is 3.44. The second-order valence-electron chi connectivity index (χ2n) is 4.18. The number of hydrogen-bond donors (Lipinski definition) is 0. The third-order valence-corrected chi connectivity index (χ3v) is 2.62. The highest BCUT2D eigenvalue weighted by atomic mass is 16.3. The third kappa shape index (κ3) is 2.83. The van der Waals surface area contributed by atoms with E-state index in [2.05, 4.69) is 16.0 Å². The van der Waals surface area contributed by atoms with Crippen LogP contribution in [-0.2, 0) is 6.54 Å². The predicted molar refractivity (Wildman–Crippen MR) is 65.3 cm³/mol. The van der Waals surface area contributed by atoms with Crippen molar-refractivity contribution in [3.8, 4) is 6.07 Å². The second kappa shape index (κ2) is 4.98. The molecule has 88 valence electrons. The summed E-state index contributed by atoms with van der Waals surface area (Å²) in [6, 6.07) is 8.18. The molecule has 0 bridgehead atoms. The first-order valence-corrected chi connectivity index (χ1v) is 5.60. The van der Waals surface area contributed by atoms with E-state index < -0.39 is 0 Å². The van der Waals surface area contributed by atoms with Crippen molar-refractivity contribution in [1.29, 1.82) is 5.26 Å². The van der Waals surface area contributed by atoms with Crippen LogP contribution < -0.4 is 0 Å². The zero-order valence-corrected chi connectivity index (χ0v) is 10.1. The Bertz CT molecular complexity index is 553. The normalized spacial score (nSPS) is 10.9. The lowest BCUT2D eigenvalue weighted by atomic mass is 10.2. The van der Waals surface area contributed by atoms with Gasteiger partial charge in [0.1, 0.15) is 5.52 Å². The van der Waals surface area contributed by atoms with Crippen LogP contribution in [0.5, 0.6) is 0 Å². The SMILES string of the molecule is Cc1nc2ccc(CN(C)CCC#N)cc2o1. The Morgan fingerprint density at radius 3 is 3.06 bits per heavy atom. The molecule has 1 aromatic carbocycles. The van der Waals surface area contributed by atoms with Crippen molar-refractivity contribution in [3.63, 3.8) is 0 Å². The standard InChI is InChI=1S/C13H15N3O/c1-10-15-12-5-4-11(8-13(12)17-10)9-16(2)7-3-6-14/h4-5,8H,3,7,9H2,1-2H3. The van der Waals surface area contributed by atoms with Crippen LogP contribution in [0.3, 0.4) is 0 Å². The van der Waals surface area contributed by atoms with Crippen molar-refractivity contribution in [1.82, 2.24) is 9.88 Å². The number of aromatic nitrogens is 1. The molecule has 0 amide bonds. The summed E-state index contributed by atoms with van der Waals surface area (Å²) in [5, 5.41) is 8.53. The first-order chi connectivity index (χ1) is 8.19. The summed E-state index contributed by atoms with van der Waals surface area (Å²) < 4.78 is 5.49. The highest BCUT2D eigenvalue weighted by Crippen LogP contribution is 2.17. The van der Waals surface area contributed by atoms with E-state index in [4.69, 9.17) is 9.68 Å². The van der Waals surface area contributed by atoms with Gasteiger partial charge in [-0.25, -0.2) is 4.98 Å². The van der Waals surface area contributed by atoms with Gasteiger partial charge in [-0.05, 0) is 24.7 Å². The molecule has 1 aromatic heterocycles. The van der Waals surface area contributed by atoms with Crippen LogP contribution in [0, 0.1) is 18.3 Å². The summed E-state index contributed by atoms with van der Waals surface area (Å²) in [7, 11) is 2.01. The molecule has 0 aliphatic rings. The second-order valence-corrected chi connectivity index (χ2v) is 4.18. The van der Waals surface area contributed by atoms with Gasteiger partial charge in [0, 0.05) is 26.4 Å². The smallest absolute Gasteiger partial charge is 0.192 e. The maximum atomic E-state index is 8.53. The molecule has 4 nitrogen and oxygen atoms in total. The maximum Gasteiger partial charge on any atom is 0.192 e. The molecule has 4 heteroatoms. The molecule has 0 aliphatic heterocycles. The minimum atomic E-state index is 0.556. The number of nitriles is 1. The highest BCUT2D eigenvalue weighted by Gasteiger charge is 2.05. The van der Waals surface area contributed by atoms with Crippen LogP contribution in [0.15, 0.2) is 22.6 Å². The van der Waals surface area contributed by atoms with Gasteiger partial charge in [0.2, 0.25) is 0 Å². The Balaban J connectivity index is 2.11. The summed E-state index contributed by atoms with van der Waals surface area (Å²) in [4.78, 5) is 6.38. The molecule has 0 fully saturated rings. The van der Waals surface area contributed by atoms with Crippen LogP contribution in [0.2, 0.25) is 0 Å². The van der Waals surface area contributed by atoms with Gasteiger partial charge >= 0.3 is 0 Å². The first kappa shape index (κ1) is 11.6. The fraction of sp³-hybridized carbons (Fsp3) is 0.385. The lowest BCUT2D eigenvalue weighted by Gasteiger charge is -2.14. The summed E-state index contributed by atoms with van der Waals surface area (Å²) in [6.07, 6.45) is 0.556. The quantitative estimate of drug-likeness (QED) is 0.808. The lowest BCUT2D eigenvalue weighted by Crippen LogP contribution is -2.18. The number of benzene rings is 1. The van der Waals surface area contributed by atoms with Crippen LogP contribution >= 0.6 is 0 Å². The Hall–Kier alpha value is -1.86. The fourth-order valence-electron chi connectivity index (χ4n) is 1.81. The molecule has 0 saturated heterocycles. The number of hydrogen-bond acceptors (Lipinski definition) is 4. The Labute approximate surface area is 100 Å². The van der Waals surface area contributed by atoms with E-state index in [-0.39, 0.29) is 0 Å². The molecule has 2 aromatic rings. The molecule has 0 N–H and O–H groups in total.